The summed E-state index contributed by atoms with van der Waals surface area (Å²) in [5.74, 6) is -2.40. The summed E-state index contributed by atoms with van der Waals surface area (Å²) in [4.78, 5) is 18.2. The third-order valence-corrected chi connectivity index (χ3v) is 6.37. The van der Waals surface area contributed by atoms with Gasteiger partial charge in [0.2, 0.25) is 0 Å². The van der Waals surface area contributed by atoms with Crippen LogP contribution in [0.25, 0.3) is 16.7 Å². The van der Waals surface area contributed by atoms with Crippen LogP contribution in [-0.2, 0) is 6.42 Å². The zero-order valence-electron chi connectivity index (χ0n) is 20.1. The summed E-state index contributed by atoms with van der Waals surface area (Å²) in [6.07, 6.45) is 8.86. The Kier molecular flexibility index (Phi) is 7.60. The molecule has 0 atom stereocenters. The predicted octanol–water partition coefficient (Wildman–Crippen LogP) is 3.70. The Morgan fingerprint density at radius 1 is 1.23 bits per heavy atom. The molecule has 1 aliphatic heterocycles. The number of nitrogens with zero attached hydrogens (tertiary/aromatic N) is 4. The van der Waals surface area contributed by atoms with Gasteiger partial charge in [-0.3, -0.25) is 4.99 Å². The van der Waals surface area contributed by atoms with Gasteiger partial charge in [0.25, 0.3) is 11.8 Å². The number of piperidine rings is 1. The summed E-state index contributed by atoms with van der Waals surface area (Å²) < 4.78 is 39.5. The molecule has 0 saturated carbocycles. The lowest BCUT2D eigenvalue weighted by Gasteiger charge is -2.28. The minimum absolute atomic E-state index is 0.0560. The van der Waals surface area contributed by atoms with E-state index in [1.807, 2.05) is 6.07 Å². The molecule has 1 aliphatic rings. The Hall–Kier alpha value is -3.53. The van der Waals surface area contributed by atoms with E-state index in [4.69, 9.17) is 15.2 Å². The molecule has 0 unspecified atom stereocenters. The average Bonchev–Trinajstić information content (AvgIpc) is 3.29. The minimum Gasteiger partial charge on any atom is -0.479 e. The van der Waals surface area contributed by atoms with E-state index in [9.17, 15) is 8.78 Å². The number of aromatic nitrogens is 3. The first-order valence-electron chi connectivity index (χ1n) is 11.6. The topological polar surface area (TPSA) is 102 Å². The monoisotopic (exact) mass is 484 g/mol. The molecule has 3 N–H and O–H groups in total. The van der Waals surface area contributed by atoms with Gasteiger partial charge in [-0.1, -0.05) is 6.92 Å². The van der Waals surface area contributed by atoms with Gasteiger partial charge in [0.1, 0.15) is 5.65 Å². The van der Waals surface area contributed by atoms with Crippen molar-refractivity contribution in [3.8, 4) is 11.8 Å². The number of aromatic amines is 1. The molecule has 0 aromatic carbocycles. The number of fused-ring (bicyclic) bond motifs is 1. The number of hydrogen-bond donors (Lipinski definition) is 2. The fraction of sp³-hybridized carbons (Fsp3) is 0.400. The summed E-state index contributed by atoms with van der Waals surface area (Å²) in [5.41, 5.74) is 8.51. The van der Waals surface area contributed by atoms with Crippen LogP contribution in [-0.4, -0.2) is 66.0 Å². The number of halogens is 2. The second-order valence-electron chi connectivity index (χ2n) is 8.43. The Labute approximate surface area is 202 Å². The molecule has 186 valence electrons. The quantitative estimate of drug-likeness (QED) is 0.473. The van der Waals surface area contributed by atoms with E-state index in [1.54, 1.807) is 24.7 Å². The van der Waals surface area contributed by atoms with Crippen LogP contribution in [0.4, 0.5) is 8.78 Å². The van der Waals surface area contributed by atoms with Gasteiger partial charge in [-0.25, -0.2) is 13.8 Å². The second-order valence-corrected chi connectivity index (χ2v) is 8.43. The molecule has 0 bridgehead atoms. The maximum Gasteiger partial charge on any atom is 0.253 e. The third-order valence-electron chi connectivity index (χ3n) is 6.37. The standard InChI is InChI=1S/C25H30F2N6O2/c1-4-33-9-6-17(7-10-33)29-8-5-20(28)16-12-18-15(13-30-23(18)31-14-16)11-19-21(26)24(34-2)32-25(35-3)22(19)27/h5,8,12-14,17H,4,6-7,9-11,28H2,1-3H3,(H,30,31)/b20-5-,29-8?. The van der Waals surface area contributed by atoms with E-state index in [2.05, 4.69) is 31.8 Å². The van der Waals surface area contributed by atoms with Crippen LogP contribution in [0, 0.1) is 11.6 Å². The third kappa shape index (κ3) is 5.27. The summed E-state index contributed by atoms with van der Waals surface area (Å²) in [5, 5.41) is 0.705. The number of nitrogens with one attached hydrogen (secondary N) is 1. The van der Waals surface area contributed by atoms with Gasteiger partial charge >= 0.3 is 0 Å². The number of allylic oxidation sites excluding steroid dienone is 1. The van der Waals surface area contributed by atoms with Crippen molar-refractivity contribution in [2.45, 2.75) is 32.2 Å². The molecular formula is C25H30F2N6O2. The lowest BCUT2D eigenvalue weighted by molar-refractivity contribution is 0.224. The lowest BCUT2D eigenvalue weighted by Crippen LogP contribution is -2.34. The van der Waals surface area contributed by atoms with Gasteiger partial charge < -0.3 is 25.1 Å². The number of H-pyrrole nitrogens is 1. The molecule has 3 aromatic heterocycles. The van der Waals surface area contributed by atoms with E-state index in [0.29, 0.717) is 33.9 Å². The molecule has 1 fully saturated rings. The van der Waals surface area contributed by atoms with Crippen molar-refractivity contribution >= 4 is 22.9 Å². The summed E-state index contributed by atoms with van der Waals surface area (Å²) in [6, 6.07) is 2.15. The van der Waals surface area contributed by atoms with Crippen molar-refractivity contribution in [3.05, 3.63) is 52.9 Å². The van der Waals surface area contributed by atoms with E-state index in [1.165, 1.54) is 14.2 Å². The van der Waals surface area contributed by atoms with Crippen molar-refractivity contribution < 1.29 is 18.3 Å². The van der Waals surface area contributed by atoms with Crippen molar-refractivity contribution in [1.29, 1.82) is 0 Å². The Balaban J connectivity index is 1.57. The molecule has 8 nitrogen and oxygen atoms in total. The highest BCUT2D eigenvalue weighted by molar-refractivity contribution is 5.87. The fourth-order valence-corrected chi connectivity index (χ4v) is 4.25. The first kappa shape index (κ1) is 24.6. The van der Waals surface area contributed by atoms with E-state index >= 15 is 0 Å². The Morgan fingerprint density at radius 3 is 2.54 bits per heavy atom. The Morgan fingerprint density at radius 2 is 1.91 bits per heavy atom. The van der Waals surface area contributed by atoms with Crippen molar-refractivity contribution in [2.75, 3.05) is 33.9 Å². The first-order chi connectivity index (χ1) is 16.9. The molecule has 0 amide bonds. The number of nitrogens with two attached hydrogens (primary N) is 1. The largest absolute Gasteiger partial charge is 0.479 e. The van der Waals surface area contributed by atoms with E-state index < -0.39 is 11.6 Å². The predicted molar refractivity (Wildman–Crippen MR) is 132 cm³/mol. The van der Waals surface area contributed by atoms with Gasteiger partial charge in [0, 0.05) is 60.3 Å². The number of rotatable bonds is 8. The van der Waals surface area contributed by atoms with Crippen LogP contribution in [0.15, 0.2) is 29.5 Å². The average molecular weight is 485 g/mol. The van der Waals surface area contributed by atoms with Gasteiger partial charge in [-0.15, -0.1) is 0 Å². The van der Waals surface area contributed by atoms with Gasteiger partial charge in [-0.05, 0) is 37.1 Å². The maximum absolute atomic E-state index is 14.8. The van der Waals surface area contributed by atoms with Crippen LogP contribution in [0.2, 0.25) is 0 Å². The lowest BCUT2D eigenvalue weighted by atomic mass is 10.0. The van der Waals surface area contributed by atoms with Crippen molar-refractivity contribution in [2.24, 2.45) is 10.7 Å². The zero-order chi connectivity index (χ0) is 24.9. The highest BCUT2D eigenvalue weighted by Crippen LogP contribution is 2.31. The zero-order valence-corrected chi connectivity index (χ0v) is 20.1. The first-order valence-corrected chi connectivity index (χ1v) is 11.6. The van der Waals surface area contributed by atoms with Crippen LogP contribution in [0.1, 0.15) is 36.5 Å². The Bertz CT molecular complexity index is 1220. The van der Waals surface area contributed by atoms with Crippen molar-refractivity contribution in [3.63, 3.8) is 0 Å². The second kappa shape index (κ2) is 10.8. The number of hydrogen-bond acceptors (Lipinski definition) is 7. The number of pyridine rings is 2. The number of methoxy groups -OCH3 is 2. The highest BCUT2D eigenvalue weighted by atomic mass is 19.1. The molecule has 4 heterocycles. The molecule has 35 heavy (non-hydrogen) atoms. The summed E-state index contributed by atoms with van der Waals surface area (Å²) in [7, 11) is 2.53. The maximum atomic E-state index is 14.8. The van der Waals surface area contributed by atoms with Gasteiger partial charge in [0.15, 0.2) is 11.6 Å². The molecule has 0 aliphatic carbocycles. The van der Waals surface area contributed by atoms with Crippen LogP contribution in [0.3, 0.4) is 0 Å². The molecule has 0 spiro atoms. The molecule has 1 saturated heterocycles. The fourth-order valence-electron chi connectivity index (χ4n) is 4.25. The SMILES string of the molecule is CCN1CCC(N=C/C=C(\N)c2cnc3[nH]cc(Cc4c(F)c(OC)nc(OC)c4F)c3c2)CC1. The molecular weight excluding hydrogens is 454 g/mol. The highest BCUT2D eigenvalue weighted by Gasteiger charge is 2.23. The van der Waals surface area contributed by atoms with Crippen LogP contribution < -0.4 is 15.2 Å². The minimum atomic E-state index is -0.871. The normalized spacial score (nSPS) is 15.9. The van der Waals surface area contributed by atoms with Crippen LogP contribution in [0.5, 0.6) is 11.8 Å². The molecule has 4 rings (SSSR count). The number of aliphatic imine (C=N–C) groups is 1. The summed E-state index contributed by atoms with van der Waals surface area (Å²) in [6.45, 7) is 5.36. The summed E-state index contributed by atoms with van der Waals surface area (Å²) >= 11 is 0. The van der Waals surface area contributed by atoms with Crippen molar-refractivity contribution in [1.82, 2.24) is 19.9 Å². The number of likely N-dealkylation sites (tertiary alicyclic amines) is 1. The number of ether oxygens (including phenoxy) is 2. The van der Waals surface area contributed by atoms with Gasteiger partial charge in [0.05, 0.1) is 20.3 Å². The molecule has 3 aromatic rings. The smallest absolute Gasteiger partial charge is 0.253 e. The molecule has 10 heteroatoms. The van der Waals surface area contributed by atoms with E-state index in [-0.39, 0.29) is 23.7 Å². The van der Waals surface area contributed by atoms with Gasteiger partial charge in [-0.2, -0.15) is 4.98 Å². The van der Waals surface area contributed by atoms with Crippen LogP contribution >= 0.6 is 0 Å². The molecule has 0 radical (unpaired) electrons. The van der Waals surface area contributed by atoms with E-state index in [0.717, 1.165) is 32.5 Å².